The van der Waals surface area contributed by atoms with Crippen LogP contribution in [-0.2, 0) is 14.3 Å². The number of rotatable bonds is 3. The van der Waals surface area contributed by atoms with E-state index in [1.165, 1.54) is 0 Å². The topological polar surface area (TPSA) is 87.9 Å². The zero-order valence-corrected chi connectivity index (χ0v) is 5.10. The molecule has 0 unspecified atom stereocenters. The Morgan fingerprint density at radius 3 is 2.70 bits per heavy atom. The summed E-state index contributed by atoms with van der Waals surface area (Å²) in [7, 11) is 1.08. The molecule has 58 valence electrons. The van der Waals surface area contributed by atoms with Crippen LogP contribution in [0.2, 0.25) is 0 Å². The van der Waals surface area contributed by atoms with Crippen LogP contribution in [-0.4, -0.2) is 25.1 Å². The third-order valence-corrected chi connectivity index (χ3v) is 0.502. The maximum Gasteiger partial charge on any atom is 0.509 e. The minimum atomic E-state index is -1.08. The minimum absolute atomic E-state index is 0.750. The number of nitrogens with zero attached hydrogens (tertiary/aromatic N) is 1. The second kappa shape index (κ2) is 4.36. The summed E-state index contributed by atoms with van der Waals surface area (Å²) in [5, 5.41) is 8.34. The summed E-state index contributed by atoms with van der Waals surface area (Å²) in [6.45, 7) is -0.750. The number of carbonyl (C=O) groups is 1. The Labute approximate surface area is 55.6 Å². The Kier molecular flexibility index (Phi) is 3.69. The summed E-state index contributed by atoms with van der Waals surface area (Å²) in [5.74, 6) is 0. The van der Waals surface area contributed by atoms with Crippen molar-refractivity contribution in [3.05, 3.63) is 10.1 Å². The van der Waals surface area contributed by atoms with Gasteiger partial charge in [-0.15, -0.1) is 10.1 Å². The fourth-order valence-electron chi connectivity index (χ4n) is 0.176. The van der Waals surface area contributed by atoms with Gasteiger partial charge in [-0.1, -0.05) is 0 Å². The van der Waals surface area contributed by atoms with E-state index in [0.717, 1.165) is 7.11 Å². The molecule has 0 heterocycles. The molecule has 0 amide bonds. The predicted molar refractivity (Wildman–Crippen MR) is 26.4 cm³/mol. The Bertz CT molecular complexity index is 133. The molecular formula is C3H5NO6. The van der Waals surface area contributed by atoms with E-state index in [1.807, 2.05) is 0 Å². The highest BCUT2D eigenvalue weighted by Gasteiger charge is 2.00. The third kappa shape index (κ3) is 4.62. The smallest absolute Gasteiger partial charge is 0.438 e. The molecule has 0 saturated heterocycles. The molecule has 0 radical (unpaired) electrons. The molecule has 0 saturated carbocycles. The standard InChI is InChI=1S/C3H5NO6/c1-8-3(5)9-2-10-4(6)7/h2H2,1H3. The van der Waals surface area contributed by atoms with Crippen LogP contribution in [0, 0.1) is 10.1 Å². The van der Waals surface area contributed by atoms with Gasteiger partial charge in [0.2, 0.25) is 6.79 Å². The first kappa shape index (κ1) is 8.47. The molecule has 7 heteroatoms. The number of hydrogen-bond acceptors (Lipinski definition) is 6. The van der Waals surface area contributed by atoms with Gasteiger partial charge in [-0.05, 0) is 0 Å². The Morgan fingerprint density at radius 1 is 1.70 bits per heavy atom. The van der Waals surface area contributed by atoms with E-state index in [9.17, 15) is 14.9 Å². The Hall–Kier alpha value is -1.53. The molecule has 0 aliphatic heterocycles. The minimum Gasteiger partial charge on any atom is -0.438 e. The molecule has 0 aromatic heterocycles. The predicted octanol–water partition coefficient (Wildman–Crippen LogP) is -0.0648. The van der Waals surface area contributed by atoms with Crippen molar-refractivity contribution in [3.8, 4) is 0 Å². The van der Waals surface area contributed by atoms with Crippen LogP contribution in [0.1, 0.15) is 0 Å². The average Bonchev–Trinajstić information content (AvgIpc) is 1.87. The van der Waals surface area contributed by atoms with E-state index < -0.39 is 18.0 Å². The first-order valence-electron chi connectivity index (χ1n) is 2.15. The summed E-state index contributed by atoms with van der Waals surface area (Å²) in [5.41, 5.74) is 0. The van der Waals surface area contributed by atoms with Crippen molar-refractivity contribution in [2.45, 2.75) is 0 Å². The molecule has 0 aliphatic rings. The molecule has 0 aromatic rings. The summed E-state index contributed by atoms with van der Waals surface area (Å²) in [6, 6.07) is 0. The van der Waals surface area contributed by atoms with Crippen LogP contribution in [0.5, 0.6) is 0 Å². The van der Waals surface area contributed by atoms with E-state index >= 15 is 0 Å². The van der Waals surface area contributed by atoms with Crippen LogP contribution in [0.4, 0.5) is 4.79 Å². The van der Waals surface area contributed by atoms with Gasteiger partial charge in [0.25, 0.3) is 5.09 Å². The first-order valence-corrected chi connectivity index (χ1v) is 2.15. The van der Waals surface area contributed by atoms with Gasteiger partial charge >= 0.3 is 6.16 Å². The number of methoxy groups -OCH3 is 1. The van der Waals surface area contributed by atoms with Gasteiger partial charge in [-0.3, -0.25) is 4.84 Å². The largest absolute Gasteiger partial charge is 0.509 e. The summed E-state index contributed by atoms with van der Waals surface area (Å²) in [6.07, 6.45) is -1.03. The maximum atomic E-state index is 10.0. The van der Waals surface area contributed by atoms with Crippen molar-refractivity contribution in [1.29, 1.82) is 0 Å². The normalized spacial score (nSPS) is 8.10. The van der Waals surface area contributed by atoms with E-state index in [-0.39, 0.29) is 0 Å². The molecule has 0 spiro atoms. The van der Waals surface area contributed by atoms with E-state index in [2.05, 4.69) is 14.3 Å². The zero-order valence-electron chi connectivity index (χ0n) is 5.10. The first-order chi connectivity index (χ1) is 4.66. The fraction of sp³-hybridized carbons (Fsp3) is 0.667. The molecular weight excluding hydrogens is 146 g/mol. The van der Waals surface area contributed by atoms with E-state index in [4.69, 9.17) is 0 Å². The van der Waals surface area contributed by atoms with Crippen LogP contribution in [0.15, 0.2) is 0 Å². The molecule has 0 bridgehead atoms. The lowest BCUT2D eigenvalue weighted by atomic mass is 11.3. The molecule has 0 fully saturated rings. The van der Waals surface area contributed by atoms with Crippen LogP contribution in [0.25, 0.3) is 0 Å². The SMILES string of the molecule is COC(=O)OCO[N+](=O)[O-]. The monoisotopic (exact) mass is 151 g/mol. The van der Waals surface area contributed by atoms with Crippen molar-refractivity contribution < 1.29 is 24.2 Å². The zero-order chi connectivity index (χ0) is 7.98. The summed E-state index contributed by atoms with van der Waals surface area (Å²) < 4.78 is 7.95. The maximum absolute atomic E-state index is 10.0. The molecule has 0 N–H and O–H groups in total. The van der Waals surface area contributed by atoms with Crippen LogP contribution in [0.3, 0.4) is 0 Å². The quantitative estimate of drug-likeness (QED) is 0.243. The van der Waals surface area contributed by atoms with Crippen molar-refractivity contribution in [3.63, 3.8) is 0 Å². The molecule has 0 aliphatic carbocycles. The Morgan fingerprint density at radius 2 is 2.30 bits per heavy atom. The molecule has 0 rings (SSSR count). The number of carbonyl (C=O) groups excluding carboxylic acids is 1. The lowest BCUT2D eigenvalue weighted by Crippen LogP contribution is -2.10. The van der Waals surface area contributed by atoms with Crippen LogP contribution >= 0.6 is 0 Å². The van der Waals surface area contributed by atoms with Gasteiger partial charge in [0.05, 0.1) is 7.11 Å². The van der Waals surface area contributed by atoms with Gasteiger partial charge in [-0.25, -0.2) is 4.79 Å². The highest BCUT2D eigenvalue weighted by atomic mass is 17.0. The lowest BCUT2D eigenvalue weighted by Gasteiger charge is -1.98. The van der Waals surface area contributed by atoms with Crippen molar-refractivity contribution in [2.24, 2.45) is 0 Å². The van der Waals surface area contributed by atoms with Crippen molar-refractivity contribution in [2.75, 3.05) is 13.9 Å². The average molecular weight is 151 g/mol. The van der Waals surface area contributed by atoms with Crippen molar-refractivity contribution in [1.82, 2.24) is 0 Å². The molecule has 0 atom stereocenters. The molecule has 0 aromatic carbocycles. The second-order valence-electron chi connectivity index (χ2n) is 1.07. The van der Waals surface area contributed by atoms with Gasteiger partial charge in [-0.2, -0.15) is 0 Å². The summed E-state index contributed by atoms with van der Waals surface area (Å²) in [4.78, 5) is 23.1. The molecule has 7 nitrogen and oxygen atoms in total. The van der Waals surface area contributed by atoms with Crippen LogP contribution < -0.4 is 0 Å². The molecule has 10 heavy (non-hydrogen) atoms. The Balaban J connectivity index is 3.20. The van der Waals surface area contributed by atoms with Gasteiger partial charge in [0.1, 0.15) is 0 Å². The number of hydrogen-bond donors (Lipinski definition) is 0. The highest BCUT2D eigenvalue weighted by molar-refractivity contribution is 5.59. The fourth-order valence-corrected chi connectivity index (χ4v) is 0.176. The second-order valence-corrected chi connectivity index (χ2v) is 1.07. The van der Waals surface area contributed by atoms with Crippen molar-refractivity contribution >= 4 is 6.16 Å². The third-order valence-electron chi connectivity index (χ3n) is 0.502. The van der Waals surface area contributed by atoms with Gasteiger partial charge in [0, 0.05) is 0 Å². The lowest BCUT2D eigenvalue weighted by molar-refractivity contribution is -0.765. The number of ether oxygens (including phenoxy) is 2. The van der Waals surface area contributed by atoms with E-state index in [0.29, 0.717) is 0 Å². The van der Waals surface area contributed by atoms with E-state index in [1.54, 1.807) is 0 Å². The van der Waals surface area contributed by atoms with Gasteiger partial charge in [0.15, 0.2) is 0 Å². The van der Waals surface area contributed by atoms with Gasteiger partial charge < -0.3 is 9.47 Å². The highest BCUT2D eigenvalue weighted by Crippen LogP contribution is 1.82. The summed E-state index contributed by atoms with van der Waals surface area (Å²) >= 11 is 0.